The molecule has 4 aliphatic heterocycles. The van der Waals surface area contributed by atoms with Crippen LogP contribution in [0.4, 0.5) is 10.2 Å². The summed E-state index contributed by atoms with van der Waals surface area (Å²) in [6.07, 6.45) is 0.582. The maximum absolute atomic E-state index is 17.0. The molecule has 0 saturated carbocycles. The second-order valence-electron chi connectivity index (χ2n) is 23.0. The number of phenolic OH excluding ortho intramolecular Hbond substituents is 1. The van der Waals surface area contributed by atoms with Crippen molar-refractivity contribution in [2.45, 2.75) is 84.2 Å². The maximum Gasteiger partial charge on any atom is 0.319 e. The molecule has 0 unspecified atom stereocenters. The normalized spacial score (nSPS) is 19.8. The van der Waals surface area contributed by atoms with Crippen LogP contribution >= 0.6 is 22.9 Å². The monoisotopic (exact) mass is 1150 g/mol. The van der Waals surface area contributed by atoms with Gasteiger partial charge in [-0.3, -0.25) is 24.2 Å². The Kier molecular flexibility index (Phi) is 18.4. The standard InChI is InChI=1S/C60H75ClFN11O7S/c1-37(39-10-12-40(13-11-39)54-38(2)64-36-81-54)65-57(77)49-32-43(75)34-73(49)58(78)55(60(3,4)5)66-50(76)35-71-24-22-70(23-25-71)27-29-79-28-26-69-18-14-44(15-19-69)80-59-67-53-47(56(68-59)72-20-16-63-17-21-72)33-48(61)51(52(53)62)46-31-42(74)30-41-8-6-7-9-45(41)46/h6-13,30-31,33,36-37,43-44,49,55,63,74-75H,14-29,32,34-35H2,1-5H3,(H,65,77)(H,66,76)/t37-,43+,49-,55+/m0/s1. The smallest absolute Gasteiger partial charge is 0.319 e. The van der Waals surface area contributed by atoms with Crippen LogP contribution in [-0.4, -0.2) is 192 Å². The van der Waals surface area contributed by atoms with Gasteiger partial charge in [-0.2, -0.15) is 9.97 Å². The number of anilines is 1. The minimum Gasteiger partial charge on any atom is -0.508 e. The number of likely N-dealkylation sites (tertiary alicyclic amines) is 2. The number of halogens is 2. The van der Waals surface area contributed by atoms with Crippen LogP contribution in [0.1, 0.15) is 64.3 Å². The van der Waals surface area contributed by atoms with Crippen LogP contribution in [0.25, 0.3) is 43.2 Å². The van der Waals surface area contributed by atoms with Gasteiger partial charge in [0.05, 0.1) is 53.0 Å². The number of aryl methyl sites for hydroxylation is 1. The molecule has 18 nitrogen and oxygen atoms in total. The number of benzene rings is 4. The highest BCUT2D eigenvalue weighted by Gasteiger charge is 2.45. The number of ether oxygens (including phenoxy) is 2. The topological polar surface area (TPSA) is 201 Å². The van der Waals surface area contributed by atoms with E-state index in [2.05, 4.69) is 40.5 Å². The Hall–Kier alpha value is -6.10. The number of carbonyl (C=O) groups is 3. The lowest BCUT2D eigenvalue weighted by atomic mass is 9.85. The second-order valence-corrected chi connectivity index (χ2v) is 24.3. The minimum absolute atomic E-state index is 0.00550. The van der Waals surface area contributed by atoms with E-state index in [1.807, 2.05) is 88.7 Å². The molecule has 4 atom stereocenters. The SMILES string of the molecule is Cc1ncsc1-c1ccc([C@H](C)NC(=O)[C@@H]2C[C@@H](O)CN2C(=O)[C@@H](NC(=O)CN2CCN(CCOCCN3CCC(Oc4nc(N5CCNCC5)c5cc(Cl)c(-c6cc(O)cc7ccccc67)c(F)c5n4)CC3)CC2)C(C)(C)C)cc1. The zero-order chi connectivity index (χ0) is 57.0. The number of phenols is 1. The Morgan fingerprint density at radius 3 is 2.27 bits per heavy atom. The molecule has 6 aromatic rings. The number of hydrogen-bond acceptors (Lipinski definition) is 16. The average molecular weight is 1150 g/mol. The number of piperidine rings is 1. The minimum atomic E-state index is -0.909. The summed E-state index contributed by atoms with van der Waals surface area (Å²) in [5, 5.41) is 33.1. The highest BCUT2D eigenvalue weighted by atomic mass is 35.5. The van der Waals surface area contributed by atoms with Gasteiger partial charge in [-0.25, -0.2) is 9.37 Å². The molecule has 3 amide bonds. The molecular weight excluding hydrogens is 1070 g/mol. The zero-order valence-electron chi connectivity index (χ0n) is 46.9. The fraction of sp³-hybridized carbons (Fsp3) is 0.500. The van der Waals surface area contributed by atoms with E-state index in [1.165, 1.54) is 11.0 Å². The lowest BCUT2D eigenvalue weighted by Crippen LogP contribution is -2.59. The highest BCUT2D eigenvalue weighted by molar-refractivity contribution is 7.13. The number of rotatable bonds is 18. The fourth-order valence-corrected chi connectivity index (χ4v) is 12.7. The number of aromatic hydroxyl groups is 1. The summed E-state index contributed by atoms with van der Waals surface area (Å²) in [6.45, 7) is 19.8. The first-order chi connectivity index (χ1) is 39.0. The van der Waals surface area contributed by atoms with Gasteiger partial charge < -0.3 is 50.3 Å². The quantitative estimate of drug-likeness (QED) is 0.0574. The second kappa shape index (κ2) is 25.6. The van der Waals surface area contributed by atoms with Gasteiger partial charge in [-0.15, -0.1) is 11.3 Å². The van der Waals surface area contributed by atoms with Crippen molar-refractivity contribution in [1.82, 2.24) is 50.5 Å². The van der Waals surface area contributed by atoms with Gasteiger partial charge in [0, 0.05) is 102 Å². The number of carbonyl (C=O) groups excluding carboxylic acids is 3. The van der Waals surface area contributed by atoms with E-state index in [9.17, 15) is 24.6 Å². The number of aromatic nitrogens is 3. The van der Waals surface area contributed by atoms with Gasteiger partial charge in [0.25, 0.3) is 0 Å². The molecule has 21 heteroatoms. The van der Waals surface area contributed by atoms with E-state index in [1.54, 1.807) is 23.5 Å². The van der Waals surface area contributed by atoms with E-state index in [0.29, 0.717) is 56.2 Å². The molecule has 4 aromatic carbocycles. The largest absolute Gasteiger partial charge is 0.508 e. The van der Waals surface area contributed by atoms with Crippen molar-refractivity contribution in [3.05, 3.63) is 94.3 Å². The van der Waals surface area contributed by atoms with Gasteiger partial charge in [-0.05, 0) is 77.8 Å². The molecule has 10 rings (SSSR count). The average Bonchev–Trinajstić information content (AvgIpc) is 4.10. The third-order valence-electron chi connectivity index (χ3n) is 16.2. The van der Waals surface area contributed by atoms with Crippen molar-refractivity contribution in [3.63, 3.8) is 0 Å². The molecule has 2 aromatic heterocycles. The van der Waals surface area contributed by atoms with E-state index < -0.39 is 29.4 Å². The summed E-state index contributed by atoms with van der Waals surface area (Å²) in [7, 11) is 0. The number of thiazole rings is 1. The van der Waals surface area contributed by atoms with E-state index in [-0.39, 0.29) is 77.2 Å². The van der Waals surface area contributed by atoms with Crippen molar-refractivity contribution in [1.29, 1.82) is 0 Å². The number of hydrogen-bond donors (Lipinski definition) is 5. The number of aliphatic hydroxyl groups is 1. The van der Waals surface area contributed by atoms with Crippen LogP contribution in [0.15, 0.2) is 72.2 Å². The van der Waals surface area contributed by atoms with Crippen LogP contribution < -0.4 is 25.6 Å². The van der Waals surface area contributed by atoms with E-state index in [0.717, 1.165) is 97.7 Å². The first-order valence-electron chi connectivity index (χ1n) is 28.3. The predicted molar refractivity (Wildman–Crippen MR) is 314 cm³/mol. The van der Waals surface area contributed by atoms with Crippen LogP contribution in [0, 0.1) is 18.2 Å². The third-order valence-corrected chi connectivity index (χ3v) is 17.5. The number of aliphatic hydroxyl groups excluding tert-OH is 1. The Morgan fingerprint density at radius 2 is 1.58 bits per heavy atom. The van der Waals surface area contributed by atoms with Crippen LogP contribution in [-0.2, 0) is 19.1 Å². The molecule has 432 valence electrons. The lowest BCUT2D eigenvalue weighted by molar-refractivity contribution is -0.144. The molecule has 81 heavy (non-hydrogen) atoms. The Bertz CT molecular complexity index is 3200. The molecule has 4 saturated heterocycles. The fourth-order valence-electron chi connectivity index (χ4n) is 11.6. The predicted octanol–water partition coefficient (Wildman–Crippen LogP) is 6.64. The summed E-state index contributed by atoms with van der Waals surface area (Å²) in [4.78, 5) is 67.1. The summed E-state index contributed by atoms with van der Waals surface area (Å²) < 4.78 is 29.6. The number of nitrogens with one attached hydrogen (secondary N) is 3. The van der Waals surface area contributed by atoms with Gasteiger partial charge in [0.1, 0.15) is 35.3 Å². The summed E-state index contributed by atoms with van der Waals surface area (Å²) >= 11 is 8.50. The molecule has 0 bridgehead atoms. The maximum atomic E-state index is 17.0. The first kappa shape index (κ1) is 58.1. The number of piperazine rings is 2. The van der Waals surface area contributed by atoms with Gasteiger partial charge in [0.2, 0.25) is 17.7 Å². The summed E-state index contributed by atoms with van der Waals surface area (Å²) in [6, 6.07) is 18.4. The molecule has 0 spiro atoms. The number of fused-ring (bicyclic) bond motifs is 2. The first-order valence-corrected chi connectivity index (χ1v) is 29.6. The van der Waals surface area contributed by atoms with Crippen LogP contribution in [0.2, 0.25) is 5.02 Å². The number of nitrogens with zero attached hydrogens (tertiary/aromatic N) is 8. The van der Waals surface area contributed by atoms with E-state index >= 15 is 4.39 Å². The third kappa shape index (κ3) is 13.7. The molecular formula is C60H75ClFN11O7S. The molecule has 4 aliphatic rings. The summed E-state index contributed by atoms with van der Waals surface area (Å²) in [5.41, 5.74) is 4.85. The zero-order valence-corrected chi connectivity index (χ0v) is 48.5. The molecule has 0 aliphatic carbocycles. The summed E-state index contributed by atoms with van der Waals surface area (Å²) in [5.74, 6) is -1.01. The van der Waals surface area contributed by atoms with Crippen molar-refractivity contribution in [3.8, 4) is 33.3 Å². The van der Waals surface area contributed by atoms with Crippen molar-refractivity contribution >= 4 is 68.2 Å². The molecule has 6 heterocycles. The van der Waals surface area contributed by atoms with Crippen molar-refractivity contribution in [2.24, 2.45) is 5.41 Å². The van der Waals surface area contributed by atoms with Crippen molar-refractivity contribution < 1.29 is 38.5 Å². The molecule has 5 N–H and O–H groups in total. The molecule has 0 radical (unpaired) electrons. The highest BCUT2D eigenvalue weighted by Crippen LogP contribution is 2.43. The van der Waals surface area contributed by atoms with E-state index in [4.69, 9.17) is 31.0 Å². The molecule has 4 fully saturated rings. The Labute approximate surface area is 482 Å². The van der Waals surface area contributed by atoms with Gasteiger partial charge in [-0.1, -0.05) is 80.9 Å². The van der Waals surface area contributed by atoms with Crippen LogP contribution in [0.5, 0.6) is 11.8 Å². The van der Waals surface area contributed by atoms with Gasteiger partial charge in [0.15, 0.2) is 5.82 Å². The Morgan fingerprint density at radius 1 is 0.889 bits per heavy atom. The lowest BCUT2D eigenvalue weighted by Gasteiger charge is -2.37. The van der Waals surface area contributed by atoms with Crippen LogP contribution in [0.3, 0.4) is 0 Å². The number of amides is 3. The number of β-amino-alcohol motifs (C(OH)–C–C–N with tert-alkyl or cyclic N) is 1. The Balaban J connectivity index is 0.656. The van der Waals surface area contributed by atoms with Gasteiger partial charge >= 0.3 is 6.01 Å². The van der Waals surface area contributed by atoms with Crippen molar-refractivity contribution in [2.75, 3.05) is 110 Å².